The summed E-state index contributed by atoms with van der Waals surface area (Å²) in [5, 5.41) is 16.9. The number of carboxylic acids is 1. The van der Waals surface area contributed by atoms with Crippen molar-refractivity contribution in [3.8, 4) is 0 Å². The minimum atomic E-state index is -0.914. The van der Waals surface area contributed by atoms with Gasteiger partial charge in [0.15, 0.2) is 5.78 Å². The maximum atomic E-state index is 15.0. The summed E-state index contributed by atoms with van der Waals surface area (Å²) in [7, 11) is 3.56. The van der Waals surface area contributed by atoms with Crippen LogP contribution in [0, 0.1) is 23.7 Å². The highest BCUT2D eigenvalue weighted by molar-refractivity contribution is 7.10. The molecular formula is C43H62N4O7S2. The fraction of sp³-hybridized carbons (Fsp3) is 0.605. The van der Waals surface area contributed by atoms with Crippen molar-refractivity contribution in [2.45, 2.75) is 117 Å². The number of ketones is 1. The Hall–Kier alpha value is -3.49. The van der Waals surface area contributed by atoms with Crippen LogP contribution in [-0.4, -0.2) is 89.1 Å². The van der Waals surface area contributed by atoms with Gasteiger partial charge in [-0.15, -0.1) is 22.7 Å². The van der Waals surface area contributed by atoms with Crippen molar-refractivity contribution < 1.29 is 33.8 Å². The summed E-state index contributed by atoms with van der Waals surface area (Å²) in [6.07, 6.45) is 4.45. The molecule has 0 aliphatic carbocycles. The van der Waals surface area contributed by atoms with Crippen LogP contribution < -0.4 is 5.32 Å². The number of nitrogens with zero attached hydrogens (tertiary/aromatic N) is 3. The number of thiazole rings is 1. The van der Waals surface area contributed by atoms with E-state index in [1.807, 2.05) is 59.8 Å². The summed E-state index contributed by atoms with van der Waals surface area (Å²) in [6.45, 7) is 11.2. The molecule has 3 heterocycles. The molecule has 1 fully saturated rings. The molecule has 7 atom stereocenters. The predicted molar refractivity (Wildman–Crippen MR) is 222 cm³/mol. The molecule has 3 aromatic rings. The lowest BCUT2D eigenvalue weighted by atomic mass is 9.82. The number of piperidine rings is 1. The number of carboxylic acid groups (broad SMARTS) is 1. The molecule has 0 radical (unpaired) electrons. The molecule has 3 unspecified atom stereocenters. The van der Waals surface area contributed by atoms with Crippen LogP contribution in [0.25, 0.3) is 0 Å². The SMILES string of the molecule is CCC(C)C(CC(=O)C1CCCCN1C)C(=O)N(Cc1ccccc1)[C@H](C[C@@H](OCOC)c1nc(C(=O)N[C@@H](Cc2cccs2)C[C@H](C)C(=O)O)cs1)C(C)C. The number of likely N-dealkylation sites (N-methyl/N-ethyl adjacent to an activating group) is 1. The number of nitrogens with one attached hydrogen (secondary N) is 1. The number of carbonyl (C=O) groups is 4. The first-order valence-corrected chi connectivity index (χ1v) is 21.8. The van der Waals surface area contributed by atoms with Gasteiger partial charge in [-0.05, 0) is 61.7 Å². The van der Waals surface area contributed by atoms with E-state index in [1.165, 1.54) is 11.3 Å². The van der Waals surface area contributed by atoms with E-state index >= 15 is 4.79 Å². The molecule has 1 saturated heterocycles. The number of Topliss-reactive ketones (excluding diaryl/α,β-unsaturated/α-hetero) is 1. The van der Waals surface area contributed by atoms with E-state index < -0.39 is 30.0 Å². The van der Waals surface area contributed by atoms with E-state index in [-0.39, 0.29) is 66.8 Å². The Kier molecular flexibility index (Phi) is 18.1. The molecule has 0 saturated carbocycles. The van der Waals surface area contributed by atoms with Gasteiger partial charge in [0.2, 0.25) is 5.91 Å². The molecule has 2 aromatic heterocycles. The molecule has 13 heteroatoms. The maximum absolute atomic E-state index is 15.0. The molecule has 1 aromatic carbocycles. The Morgan fingerprint density at radius 2 is 1.79 bits per heavy atom. The quantitative estimate of drug-likeness (QED) is 0.0917. The summed E-state index contributed by atoms with van der Waals surface area (Å²) in [5.74, 6) is -2.32. The van der Waals surface area contributed by atoms with Crippen molar-refractivity contribution >= 4 is 46.2 Å². The standard InChI is InChI=1S/C43H62N4O7S2/c1-8-29(4)34(23-38(48)36-18-12-13-19-46(36)6)42(50)47(25-31-15-10-9-11-16-31)37(28(2)3)24-39(54-27-53-7)41-45-35(26-56-41)40(49)44-32(21-30(5)43(51)52)22-33-17-14-20-55-33/h9-11,14-17,20,26,28-30,32,34,36-37,39H,8,12-13,18-19,21-25,27H2,1-7H3,(H,44,49)(H,51,52)/t29?,30-,32+,34?,36?,37+,39+/m0/s1. The van der Waals surface area contributed by atoms with E-state index in [2.05, 4.69) is 37.9 Å². The van der Waals surface area contributed by atoms with Crippen LogP contribution in [-0.2, 0) is 36.8 Å². The molecule has 308 valence electrons. The van der Waals surface area contributed by atoms with Gasteiger partial charge in [0.1, 0.15) is 23.6 Å². The molecule has 1 aliphatic rings. The lowest BCUT2D eigenvalue weighted by molar-refractivity contribution is -0.146. The fourth-order valence-corrected chi connectivity index (χ4v) is 9.21. The number of benzene rings is 1. The van der Waals surface area contributed by atoms with Gasteiger partial charge in [0.25, 0.3) is 5.91 Å². The number of amides is 2. The second-order valence-electron chi connectivity index (χ2n) is 15.7. The smallest absolute Gasteiger partial charge is 0.306 e. The summed E-state index contributed by atoms with van der Waals surface area (Å²) in [5.41, 5.74) is 1.21. The van der Waals surface area contributed by atoms with Gasteiger partial charge in [0.05, 0.1) is 12.0 Å². The average molecular weight is 811 g/mol. The second-order valence-corrected chi connectivity index (χ2v) is 17.6. The molecule has 0 spiro atoms. The van der Waals surface area contributed by atoms with Crippen molar-refractivity contribution in [3.05, 3.63) is 74.4 Å². The highest BCUT2D eigenvalue weighted by Crippen LogP contribution is 2.34. The number of ether oxygens (including phenoxy) is 2. The van der Waals surface area contributed by atoms with E-state index in [9.17, 15) is 19.5 Å². The lowest BCUT2D eigenvalue weighted by Crippen LogP contribution is -2.49. The van der Waals surface area contributed by atoms with Gasteiger partial charge in [0, 0.05) is 61.2 Å². The van der Waals surface area contributed by atoms with E-state index in [4.69, 9.17) is 14.5 Å². The molecule has 1 aliphatic heterocycles. The molecule has 0 bridgehead atoms. The van der Waals surface area contributed by atoms with Crippen LogP contribution >= 0.6 is 22.7 Å². The van der Waals surface area contributed by atoms with Gasteiger partial charge in [-0.2, -0.15) is 0 Å². The highest BCUT2D eigenvalue weighted by atomic mass is 32.1. The van der Waals surface area contributed by atoms with Gasteiger partial charge in [-0.25, -0.2) is 4.98 Å². The lowest BCUT2D eigenvalue weighted by Gasteiger charge is -2.40. The zero-order valence-electron chi connectivity index (χ0n) is 34.1. The molecule has 56 heavy (non-hydrogen) atoms. The molecule has 4 rings (SSSR count). The fourth-order valence-electron chi connectivity index (χ4n) is 7.56. The third-order valence-electron chi connectivity index (χ3n) is 11.2. The third-order valence-corrected chi connectivity index (χ3v) is 13.0. The number of aliphatic carboxylic acids is 1. The van der Waals surface area contributed by atoms with Crippen LogP contribution in [0.5, 0.6) is 0 Å². The molecule has 11 nitrogen and oxygen atoms in total. The minimum Gasteiger partial charge on any atom is -0.481 e. The number of aromatic nitrogens is 1. The van der Waals surface area contributed by atoms with E-state index in [0.29, 0.717) is 24.4 Å². The van der Waals surface area contributed by atoms with Crippen LogP contribution in [0.15, 0.2) is 53.2 Å². The van der Waals surface area contributed by atoms with Gasteiger partial charge in [-0.1, -0.05) is 83.9 Å². The molecule has 2 N–H and O–H groups in total. The largest absolute Gasteiger partial charge is 0.481 e. The number of carbonyl (C=O) groups excluding carboxylic acids is 3. The molecule has 2 amide bonds. The third kappa shape index (κ3) is 13.0. The maximum Gasteiger partial charge on any atom is 0.306 e. The Labute approximate surface area is 341 Å². The summed E-state index contributed by atoms with van der Waals surface area (Å²) in [6, 6.07) is 13.0. The number of thiophene rings is 1. The van der Waals surface area contributed by atoms with E-state index in [0.717, 1.165) is 42.7 Å². The zero-order chi connectivity index (χ0) is 40.8. The van der Waals surface area contributed by atoms with Gasteiger partial charge < -0.3 is 24.8 Å². The monoisotopic (exact) mass is 810 g/mol. The Morgan fingerprint density at radius 1 is 1.04 bits per heavy atom. The minimum absolute atomic E-state index is 0.00543. The van der Waals surface area contributed by atoms with Crippen molar-refractivity contribution in [3.63, 3.8) is 0 Å². The van der Waals surface area contributed by atoms with Gasteiger partial charge in [-0.3, -0.25) is 24.1 Å². The van der Waals surface area contributed by atoms with E-state index in [1.54, 1.807) is 30.8 Å². The number of likely N-dealkylation sites (tertiary alicyclic amines) is 1. The van der Waals surface area contributed by atoms with Crippen molar-refractivity contribution in [1.82, 2.24) is 20.1 Å². The Balaban J connectivity index is 1.63. The summed E-state index contributed by atoms with van der Waals surface area (Å²) in [4.78, 5) is 64.2. The average Bonchev–Trinajstić information content (AvgIpc) is 3.89. The van der Waals surface area contributed by atoms with Crippen molar-refractivity contribution in [1.29, 1.82) is 0 Å². The van der Waals surface area contributed by atoms with Crippen LogP contribution in [0.4, 0.5) is 0 Å². The number of hydrogen-bond acceptors (Lipinski definition) is 10. The highest BCUT2D eigenvalue weighted by Gasteiger charge is 2.39. The van der Waals surface area contributed by atoms with Crippen LogP contribution in [0.2, 0.25) is 0 Å². The number of rotatable bonds is 23. The second kappa shape index (κ2) is 22.4. The number of methoxy groups -OCH3 is 1. The number of hydrogen-bond donors (Lipinski definition) is 2. The Morgan fingerprint density at radius 3 is 2.41 bits per heavy atom. The first-order valence-electron chi connectivity index (χ1n) is 20.0. The first-order chi connectivity index (χ1) is 26.8. The van der Waals surface area contributed by atoms with Crippen LogP contribution in [0.3, 0.4) is 0 Å². The predicted octanol–water partition coefficient (Wildman–Crippen LogP) is 7.87. The zero-order valence-corrected chi connectivity index (χ0v) is 35.8. The van der Waals surface area contributed by atoms with Gasteiger partial charge >= 0.3 is 5.97 Å². The normalized spacial score (nSPS) is 18.1. The van der Waals surface area contributed by atoms with Crippen molar-refractivity contribution in [2.24, 2.45) is 23.7 Å². The summed E-state index contributed by atoms with van der Waals surface area (Å²) < 4.78 is 11.6. The molecular weight excluding hydrogens is 749 g/mol. The Bertz CT molecular complexity index is 1670. The summed E-state index contributed by atoms with van der Waals surface area (Å²) >= 11 is 2.87. The first kappa shape index (κ1) is 45.2. The topological polar surface area (TPSA) is 138 Å². The van der Waals surface area contributed by atoms with Crippen molar-refractivity contribution in [2.75, 3.05) is 27.5 Å². The van der Waals surface area contributed by atoms with Crippen LogP contribution in [0.1, 0.15) is 112 Å².